The Kier molecular flexibility index (Phi) is 3.90. The summed E-state index contributed by atoms with van der Waals surface area (Å²) in [6.07, 6.45) is 4.03. The van der Waals surface area contributed by atoms with Crippen LogP contribution < -0.4 is 5.32 Å². The van der Waals surface area contributed by atoms with Crippen LogP contribution in [0.5, 0.6) is 0 Å². The van der Waals surface area contributed by atoms with Gasteiger partial charge in [-0.2, -0.15) is 0 Å². The van der Waals surface area contributed by atoms with E-state index in [-0.39, 0.29) is 12.1 Å². The van der Waals surface area contributed by atoms with Crippen molar-refractivity contribution < 1.29 is 4.74 Å². The standard InChI is InChI=1S/C11H14Cl2N2O/c1-7(10-3-2-4-16-10)15-11-9(13)5-8(12)6-14-11/h5-7,10H,2-4H2,1H3,(H,14,15). The molecule has 5 heteroatoms. The molecule has 2 heterocycles. The number of hydrogen-bond acceptors (Lipinski definition) is 3. The molecule has 1 aliphatic heterocycles. The van der Waals surface area contributed by atoms with E-state index in [9.17, 15) is 0 Å². The molecule has 1 saturated heterocycles. The van der Waals surface area contributed by atoms with Crippen LogP contribution in [-0.2, 0) is 4.74 Å². The summed E-state index contributed by atoms with van der Waals surface area (Å²) >= 11 is 11.8. The van der Waals surface area contributed by atoms with Crippen molar-refractivity contribution in [1.82, 2.24) is 4.98 Å². The zero-order valence-corrected chi connectivity index (χ0v) is 10.6. The molecule has 0 aromatic carbocycles. The number of nitrogens with one attached hydrogen (secondary N) is 1. The second kappa shape index (κ2) is 5.21. The van der Waals surface area contributed by atoms with Crippen molar-refractivity contribution >= 4 is 29.0 Å². The van der Waals surface area contributed by atoms with E-state index in [4.69, 9.17) is 27.9 Å². The first-order chi connectivity index (χ1) is 7.66. The molecule has 1 aliphatic rings. The molecule has 0 saturated carbocycles. The molecule has 0 bridgehead atoms. The first-order valence-electron chi connectivity index (χ1n) is 5.36. The van der Waals surface area contributed by atoms with Gasteiger partial charge in [0, 0.05) is 12.8 Å². The van der Waals surface area contributed by atoms with E-state index < -0.39 is 0 Å². The van der Waals surface area contributed by atoms with E-state index in [0.717, 1.165) is 19.4 Å². The van der Waals surface area contributed by atoms with Gasteiger partial charge in [-0.05, 0) is 25.8 Å². The Balaban J connectivity index is 2.02. The molecule has 88 valence electrons. The minimum atomic E-state index is 0.202. The van der Waals surface area contributed by atoms with E-state index in [0.29, 0.717) is 15.9 Å². The van der Waals surface area contributed by atoms with Gasteiger partial charge >= 0.3 is 0 Å². The van der Waals surface area contributed by atoms with Crippen molar-refractivity contribution in [3.05, 3.63) is 22.3 Å². The van der Waals surface area contributed by atoms with Gasteiger partial charge in [0.15, 0.2) is 0 Å². The van der Waals surface area contributed by atoms with E-state index in [1.165, 1.54) is 0 Å². The summed E-state index contributed by atoms with van der Waals surface area (Å²) in [6, 6.07) is 1.88. The second-order valence-electron chi connectivity index (χ2n) is 3.97. The van der Waals surface area contributed by atoms with Crippen LogP contribution >= 0.6 is 23.2 Å². The second-order valence-corrected chi connectivity index (χ2v) is 4.81. The average Bonchev–Trinajstić information content (AvgIpc) is 2.75. The van der Waals surface area contributed by atoms with Gasteiger partial charge in [-0.15, -0.1) is 0 Å². The van der Waals surface area contributed by atoms with Crippen molar-refractivity contribution in [3.63, 3.8) is 0 Å². The monoisotopic (exact) mass is 260 g/mol. The number of halogens is 2. The summed E-state index contributed by atoms with van der Waals surface area (Å²) < 4.78 is 5.59. The lowest BCUT2D eigenvalue weighted by Gasteiger charge is -2.21. The third-order valence-electron chi connectivity index (χ3n) is 2.69. The highest BCUT2D eigenvalue weighted by molar-refractivity contribution is 6.35. The van der Waals surface area contributed by atoms with Gasteiger partial charge in [0.1, 0.15) is 5.82 Å². The number of rotatable bonds is 3. The number of ether oxygens (including phenoxy) is 1. The van der Waals surface area contributed by atoms with Crippen molar-refractivity contribution in [3.8, 4) is 0 Å². The molecular weight excluding hydrogens is 247 g/mol. The molecule has 16 heavy (non-hydrogen) atoms. The number of nitrogens with zero attached hydrogens (tertiary/aromatic N) is 1. The topological polar surface area (TPSA) is 34.2 Å². The SMILES string of the molecule is CC(Nc1ncc(Cl)cc1Cl)C1CCCO1. The van der Waals surface area contributed by atoms with Crippen LogP contribution in [0.1, 0.15) is 19.8 Å². The van der Waals surface area contributed by atoms with Crippen LogP contribution in [0.15, 0.2) is 12.3 Å². The fourth-order valence-corrected chi connectivity index (χ4v) is 2.26. The van der Waals surface area contributed by atoms with Gasteiger partial charge in [-0.3, -0.25) is 0 Å². The fraction of sp³-hybridized carbons (Fsp3) is 0.545. The van der Waals surface area contributed by atoms with Gasteiger partial charge in [0.05, 0.1) is 22.2 Å². The predicted octanol–water partition coefficient (Wildman–Crippen LogP) is 3.37. The maximum Gasteiger partial charge on any atom is 0.145 e. The molecule has 2 atom stereocenters. The maximum atomic E-state index is 6.03. The molecule has 1 N–H and O–H groups in total. The molecule has 1 aromatic rings. The number of aromatic nitrogens is 1. The minimum absolute atomic E-state index is 0.202. The molecule has 2 unspecified atom stereocenters. The van der Waals surface area contributed by atoms with Gasteiger partial charge in [0.25, 0.3) is 0 Å². The first kappa shape index (κ1) is 12.0. The fourth-order valence-electron chi connectivity index (χ4n) is 1.83. The minimum Gasteiger partial charge on any atom is -0.376 e. The average molecular weight is 261 g/mol. The Labute approximate surface area is 105 Å². The Morgan fingerprint density at radius 2 is 2.38 bits per heavy atom. The number of hydrogen-bond donors (Lipinski definition) is 1. The maximum absolute atomic E-state index is 6.03. The Hall–Kier alpha value is -0.510. The Morgan fingerprint density at radius 1 is 1.56 bits per heavy atom. The van der Waals surface area contributed by atoms with Crippen LogP contribution in [0, 0.1) is 0 Å². The molecule has 0 amide bonds. The molecule has 0 spiro atoms. The van der Waals surface area contributed by atoms with Crippen molar-refractivity contribution in [1.29, 1.82) is 0 Å². The lowest BCUT2D eigenvalue weighted by molar-refractivity contribution is 0.0995. The summed E-state index contributed by atoms with van der Waals surface area (Å²) in [6.45, 7) is 2.92. The third-order valence-corrected chi connectivity index (χ3v) is 3.19. The molecule has 1 fully saturated rings. The van der Waals surface area contributed by atoms with Crippen LogP contribution in [-0.4, -0.2) is 23.7 Å². The summed E-state index contributed by atoms with van der Waals surface area (Å²) in [5.41, 5.74) is 0. The summed E-state index contributed by atoms with van der Waals surface area (Å²) in [5.74, 6) is 0.661. The van der Waals surface area contributed by atoms with Crippen LogP contribution in [0.25, 0.3) is 0 Å². The van der Waals surface area contributed by atoms with Gasteiger partial charge in [-0.1, -0.05) is 23.2 Å². The summed E-state index contributed by atoms with van der Waals surface area (Å²) in [4.78, 5) is 4.16. The van der Waals surface area contributed by atoms with Gasteiger partial charge in [-0.25, -0.2) is 4.98 Å². The molecule has 2 rings (SSSR count). The zero-order valence-electron chi connectivity index (χ0n) is 9.04. The first-order valence-corrected chi connectivity index (χ1v) is 6.11. The molecule has 1 aromatic heterocycles. The Bertz CT molecular complexity index is 367. The summed E-state index contributed by atoms with van der Waals surface area (Å²) in [5, 5.41) is 4.33. The Morgan fingerprint density at radius 3 is 3.00 bits per heavy atom. The van der Waals surface area contributed by atoms with E-state index in [2.05, 4.69) is 17.2 Å². The van der Waals surface area contributed by atoms with Crippen molar-refractivity contribution in [2.75, 3.05) is 11.9 Å². The van der Waals surface area contributed by atoms with Crippen molar-refractivity contribution in [2.24, 2.45) is 0 Å². The zero-order chi connectivity index (χ0) is 11.5. The quantitative estimate of drug-likeness (QED) is 0.905. The van der Waals surface area contributed by atoms with Crippen molar-refractivity contribution in [2.45, 2.75) is 31.9 Å². The molecular formula is C11H14Cl2N2O. The van der Waals surface area contributed by atoms with E-state index in [1.807, 2.05) is 0 Å². The highest BCUT2D eigenvalue weighted by atomic mass is 35.5. The lowest BCUT2D eigenvalue weighted by atomic mass is 10.1. The van der Waals surface area contributed by atoms with E-state index >= 15 is 0 Å². The number of anilines is 1. The molecule has 0 aliphatic carbocycles. The highest BCUT2D eigenvalue weighted by Gasteiger charge is 2.22. The van der Waals surface area contributed by atoms with Gasteiger partial charge < -0.3 is 10.1 Å². The molecule has 0 radical (unpaired) electrons. The summed E-state index contributed by atoms with van der Waals surface area (Å²) in [7, 11) is 0. The largest absolute Gasteiger partial charge is 0.376 e. The molecule has 3 nitrogen and oxygen atoms in total. The van der Waals surface area contributed by atoms with Gasteiger partial charge in [0.2, 0.25) is 0 Å². The van der Waals surface area contributed by atoms with Crippen LogP contribution in [0.4, 0.5) is 5.82 Å². The van der Waals surface area contributed by atoms with E-state index in [1.54, 1.807) is 12.3 Å². The highest BCUT2D eigenvalue weighted by Crippen LogP contribution is 2.25. The lowest BCUT2D eigenvalue weighted by Crippen LogP contribution is -2.30. The van der Waals surface area contributed by atoms with Crippen LogP contribution in [0.3, 0.4) is 0 Å². The third kappa shape index (κ3) is 2.78. The normalized spacial score (nSPS) is 22.1. The smallest absolute Gasteiger partial charge is 0.145 e. The van der Waals surface area contributed by atoms with Crippen LogP contribution in [0.2, 0.25) is 10.0 Å². The predicted molar refractivity (Wildman–Crippen MR) is 66.3 cm³/mol. The number of pyridine rings is 1.